The minimum absolute atomic E-state index is 0.506. The van der Waals surface area contributed by atoms with Crippen LogP contribution >= 0.6 is 15.9 Å². The summed E-state index contributed by atoms with van der Waals surface area (Å²) in [6.07, 6.45) is 8.10. The number of rotatable bonds is 2. The number of nitrogens with zero attached hydrogens (tertiary/aromatic N) is 1. The third kappa shape index (κ3) is 2.08. The molecule has 0 radical (unpaired) electrons. The van der Waals surface area contributed by atoms with Gasteiger partial charge in [-0.2, -0.15) is 0 Å². The number of pyridine rings is 1. The standard InChI is InChI=1S/C14H17BrN2O/c1-18-12-7-10(8-17-14(12)15)11-5-4-9-3-2-6-16-13(9)11/h5,7-9,13,16H,2-4,6H2,1H3/t9-,13-/m1/s1. The zero-order valence-electron chi connectivity index (χ0n) is 10.4. The Morgan fingerprint density at radius 2 is 2.39 bits per heavy atom. The molecule has 0 unspecified atom stereocenters. The van der Waals surface area contributed by atoms with E-state index >= 15 is 0 Å². The molecular weight excluding hydrogens is 292 g/mol. The maximum Gasteiger partial charge on any atom is 0.152 e. The fraction of sp³-hybridized carbons (Fsp3) is 0.500. The van der Waals surface area contributed by atoms with Crippen LogP contribution in [0.3, 0.4) is 0 Å². The number of hydrogen-bond donors (Lipinski definition) is 1. The number of hydrogen-bond acceptors (Lipinski definition) is 3. The fourth-order valence-corrected chi connectivity index (χ4v) is 3.38. The number of allylic oxidation sites excluding steroid dienone is 1. The third-order valence-corrected chi connectivity index (χ3v) is 4.52. The van der Waals surface area contributed by atoms with Crippen LogP contribution < -0.4 is 10.1 Å². The van der Waals surface area contributed by atoms with Gasteiger partial charge in [-0.1, -0.05) is 6.08 Å². The first-order valence-corrected chi connectivity index (χ1v) is 7.22. The summed E-state index contributed by atoms with van der Waals surface area (Å²) < 4.78 is 6.09. The van der Waals surface area contributed by atoms with Crippen LogP contribution in [0.2, 0.25) is 0 Å². The first-order valence-electron chi connectivity index (χ1n) is 6.43. The van der Waals surface area contributed by atoms with E-state index in [1.54, 1.807) is 7.11 Å². The maximum atomic E-state index is 5.32. The molecule has 2 aliphatic rings. The zero-order valence-corrected chi connectivity index (χ0v) is 12.0. The molecule has 0 bridgehead atoms. The summed E-state index contributed by atoms with van der Waals surface area (Å²) in [5.74, 6) is 1.57. The van der Waals surface area contributed by atoms with Crippen molar-refractivity contribution in [3.05, 3.63) is 28.5 Å². The molecule has 0 spiro atoms. The quantitative estimate of drug-likeness (QED) is 0.853. The lowest BCUT2D eigenvalue weighted by Crippen LogP contribution is -2.39. The smallest absolute Gasteiger partial charge is 0.152 e. The second-order valence-corrected chi connectivity index (χ2v) is 5.70. The first-order chi connectivity index (χ1) is 8.79. The second kappa shape index (κ2) is 5.02. The Morgan fingerprint density at radius 3 is 3.22 bits per heavy atom. The zero-order chi connectivity index (χ0) is 12.5. The molecule has 0 aromatic carbocycles. The van der Waals surface area contributed by atoms with Crippen molar-refractivity contribution in [1.82, 2.24) is 10.3 Å². The highest BCUT2D eigenvalue weighted by molar-refractivity contribution is 9.10. The van der Waals surface area contributed by atoms with Gasteiger partial charge in [0.05, 0.1) is 7.11 Å². The van der Waals surface area contributed by atoms with E-state index in [9.17, 15) is 0 Å². The van der Waals surface area contributed by atoms with Gasteiger partial charge in [0.15, 0.2) is 5.75 Å². The average Bonchev–Trinajstić information content (AvgIpc) is 2.83. The van der Waals surface area contributed by atoms with Gasteiger partial charge in [-0.05, 0) is 59.3 Å². The summed E-state index contributed by atoms with van der Waals surface area (Å²) >= 11 is 3.40. The van der Waals surface area contributed by atoms with E-state index in [1.807, 2.05) is 6.20 Å². The topological polar surface area (TPSA) is 34.1 Å². The van der Waals surface area contributed by atoms with Crippen molar-refractivity contribution in [2.75, 3.05) is 13.7 Å². The number of halogens is 1. The minimum Gasteiger partial charge on any atom is -0.494 e. The van der Waals surface area contributed by atoms with Gasteiger partial charge >= 0.3 is 0 Å². The lowest BCUT2D eigenvalue weighted by molar-refractivity contribution is 0.345. The summed E-state index contributed by atoms with van der Waals surface area (Å²) in [5.41, 5.74) is 2.56. The Kier molecular flexibility index (Phi) is 3.39. The van der Waals surface area contributed by atoms with Gasteiger partial charge in [0.25, 0.3) is 0 Å². The van der Waals surface area contributed by atoms with Crippen LogP contribution in [0.1, 0.15) is 24.8 Å². The molecule has 1 aromatic heterocycles. The average molecular weight is 309 g/mol. The predicted molar refractivity (Wildman–Crippen MR) is 75.6 cm³/mol. The number of nitrogens with one attached hydrogen (secondary N) is 1. The van der Waals surface area contributed by atoms with Crippen molar-refractivity contribution in [2.45, 2.75) is 25.3 Å². The van der Waals surface area contributed by atoms with E-state index in [0.29, 0.717) is 6.04 Å². The highest BCUT2D eigenvalue weighted by Crippen LogP contribution is 2.38. The van der Waals surface area contributed by atoms with Crippen molar-refractivity contribution in [1.29, 1.82) is 0 Å². The van der Waals surface area contributed by atoms with Crippen molar-refractivity contribution in [3.63, 3.8) is 0 Å². The highest BCUT2D eigenvalue weighted by atomic mass is 79.9. The number of methoxy groups -OCH3 is 1. The van der Waals surface area contributed by atoms with Crippen LogP contribution in [-0.4, -0.2) is 24.7 Å². The summed E-state index contributed by atoms with van der Waals surface area (Å²) in [6.45, 7) is 1.12. The van der Waals surface area contributed by atoms with Crippen LogP contribution in [0.4, 0.5) is 0 Å². The molecule has 1 aliphatic heterocycles. The molecule has 18 heavy (non-hydrogen) atoms. The molecule has 3 nitrogen and oxygen atoms in total. The van der Waals surface area contributed by atoms with Crippen LogP contribution in [0.15, 0.2) is 22.9 Å². The molecule has 2 heterocycles. The first kappa shape index (κ1) is 12.2. The number of piperidine rings is 1. The van der Waals surface area contributed by atoms with Gasteiger partial charge in [0.2, 0.25) is 0 Å². The largest absolute Gasteiger partial charge is 0.494 e. The molecule has 0 amide bonds. The van der Waals surface area contributed by atoms with Crippen molar-refractivity contribution >= 4 is 21.5 Å². The van der Waals surface area contributed by atoms with Gasteiger partial charge in [-0.15, -0.1) is 0 Å². The summed E-state index contributed by atoms with van der Waals surface area (Å²) in [4.78, 5) is 4.36. The van der Waals surface area contributed by atoms with Gasteiger partial charge in [0, 0.05) is 17.8 Å². The molecule has 1 aromatic rings. The molecule has 0 saturated carbocycles. The summed E-state index contributed by atoms with van der Waals surface area (Å²) in [5, 5.41) is 3.63. The lowest BCUT2D eigenvalue weighted by Gasteiger charge is -2.29. The third-order valence-electron chi connectivity index (χ3n) is 3.92. The molecule has 1 saturated heterocycles. The van der Waals surface area contributed by atoms with Crippen LogP contribution in [0.5, 0.6) is 5.75 Å². The van der Waals surface area contributed by atoms with Gasteiger partial charge in [0.1, 0.15) is 4.60 Å². The van der Waals surface area contributed by atoms with Gasteiger partial charge in [-0.25, -0.2) is 4.98 Å². The Labute approximate surface area is 116 Å². The van der Waals surface area contributed by atoms with Crippen LogP contribution in [0.25, 0.3) is 5.57 Å². The van der Waals surface area contributed by atoms with Gasteiger partial charge in [-0.3, -0.25) is 0 Å². The van der Waals surface area contributed by atoms with Crippen molar-refractivity contribution in [3.8, 4) is 5.75 Å². The lowest BCUT2D eigenvalue weighted by atomic mass is 9.89. The second-order valence-electron chi connectivity index (χ2n) is 4.95. The predicted octanol–water partition coefficient (Wildman–Crippen LogP) is 3.01. The molecule has 3 rings (SSSR count). The molecule has 1 N–H and O–H groups in total. The Morgan fingerprint density at radius 1 is 1.50 bits per heavy atom. The minimum atomic E-state index is 0.506. The van der Waals surface area contributed by atoms with Crippen molar-refractivity contribution in [2.24, 2.45) is 5.92 Å². The molecule has 4 heteroatoms. The van der Waals surface area contributed by atoms with Crippen molar-refractivity contribution < 1.29 is 4.74 Å². The molecule has 1 fully saturated rings. The van der Waals surface area contributed by atoms with E-state index in [4.69, 9.17) is 4.74 Å². The van der Waals surface area contributed by atoms with Crippen LogP contribution in [0, 0.1) is 5.92 Å². The number of fused-ring (bicyclic) bond motifs is 1. The van der Waals surface area contributed by atoms with E-state index < -0.39 is 0 Å². The Balaban J connectivity index is 1.91. The number of ether oxygens (including phenoxy) is 1. The monoisotopic (exact) mass is 308 g/mol. The SMILES string of the molecule is COc1cc(C2=CC[C@H]3CCCN[C@@H]23)cnc1Br. The highest BCUT2D eigenvalue weighted by Gasteiger charge is 2.32. The Hall–Kier alpha value is -0.870. The number of aromatic nitrogens is 1. The maximum absolute atomic E-state index is 5.32. The van der Waals surface area contributed by atoms with Gasteiger partial charge < -0.3 is 10.1 Å². The summed E-state index contributed by atoms with van der Waals surface area (Å²) in [6, 6.07) is 2.58. The van der Waals surface area contributed by atoms with E-state index in [0.717, 1.165) is 22.8 Å². The normalized spacial score (nSPS) is 26.7. The van der Waals surface area contributed by atoms with E-state index in [-0.39, 0.29) is 0 Å². The molecule has 2 atom stereocenters. The molecule has 1 aliphatic carbocycles. The summed E-state index contributed by atoms with van der Waals surface area (Å²) in [7, 11) is 1.68. The Bertz CT molecular complexity index is 487. The molecule has 96 valence electrons. The van der Waals surface area contributed by atoms with E-state index in [2.05, 4.69) is 38.4 Å². The molecular formula is C14H17BrN2O. The fourth-order valence-electron chi connectivity index (χ4n) is 3.00. The van der Waals surface area contributed by atoms with E-state index in [1.165, 1.54) is 30.4 Å². The van der Waals surface area contributed by atoms with Crippen LogP contribution in [-0.2, 0) is 0 Å².